The molecular weight excluding hydrogens is 492 g/mol. The van der Waals surface area contributed by atoms with Crippen LogP contribution < -0.4 is 15.0 Å². The number of piperidine rings is 1. The lowest BCUT2D eigenvalue weighted by molar-refractivity contribution is -0.145. The van der Waals surface area contributed by atoms with E-state index in [1.807, 2.05) is 0 Å². The van der Waals surface area contributed by atoms with Crippen LogP contribution in [0, 0.1) is 0 Å². The van der Waals surface area contributed by atoms with Gasteiger partial charge in [0.2, 0.25) is 17.2 Å². The highest BCUT2D eigenvalue weighted by atomic mass is 35.5. The summed E-state index contributed by atoms with van der Waals surface area (Å²) in [4.78, 5) is 51.6. The molecule has 12 nitrogen and oxygen atoms in total. The quantitative estimate of drug-likeness (QED) is 0.470. The molecule has 1 aromatic heterocycles. The molecule has 1 fully saturated rings. The number of carboxylic acid groups (broad SMARTS) is 1. The van der Waals surface area contributed by atoms with Crippen molar-refractivity contribution < 1.29 is 29.0 Å². The number of benzene rings is 1. The minimum atomic E-state index is -1.13. The lowest BCUT2D eigenvalue weighted by Crippen LogP contribution is -2.46. The largest absolute Gasteiger partial charge is 0.480 e. The molecule has 3 rings (SSSR count). The summed E-state index contributed by atoms with van der Waals surface area (Å²) in [6, 6.07) is 4.85. The molecule has 0 radical (unpaired) electrons. The highest BCUT2D eigenvalue weighted by molar-refractivity contribution is 6.28. The zero-order valence-electron chi connectivity index (χ0n) is 20.3. The molecule has 0 spiro atoms. The molecule has 194 valence electrons. The Balaban J connectivity index is 1.75. The summed E-state index contributed by atoms with van der Waals surface area (Å²) in [5.41, 5.74) is 0.679. The molecule has 0 aliphatic carbocycles. The fourth-order valence-electron chi connectivity index (χ4n) is 3.66. The van der Waals surface area contributed by atoms with Crippen LogP contribution in [0.5, 0.6) is 5.75 Å². The molecule has 2 heterocycles. The molecule has 0 saturated carbocycles. The summed E-state index contributed by atoms with van der Waals surface area (Å²) in [6.45, 7) is 2.52. The van der Waals surface area contributed by atoms with Crippen molar-refractivity contribution >= 4 is 41.5 Å². The van der Waals surface area contributed by atoms with Crippen molar-refractivity contribution in [2.24, 2.45) is 0 Å². The van der Waals surface area contributed by atoms with Crippen LogP contribution in [0.4, 0.5) is 16.7 Å². The number of aliphatic carboxylic acids is 1. The number of carbonyl (C=O) groups excluding carboxylic acids is 2. The summed E-state index contributed by atoms with van der Waals surface area (Å²) in [5.74, 6) is -1.01. The molecule has 13 heteroatoms. The third-order valence-corrected chi connectivity index (χ3v) is 5.62. The van der Waals surface area contributed by atoms with Crippen molar-refractivity contribution in [2.75, 3.05) is 37.5 Å². The van der Waals surface area contributed by atoms with Gasteiger partial charge in [-0.3, -0.25) is 0 Å². The van der Waals surface area contributed by atoms with Crippen molar-refractivity contribution in [3.63, 3.8) is 0 Å². The van der Waals surface area contributed by atoms with Gasteiger partial charge in [0, 0.05) is 27.1 Å². The number of rotatable bonds is 9. The number of halogens is 1. The monoisotopic (exact) mass is 520 g/mol. The van der Waals surface area contributed by atoms with Crippen LogP contribution in [-0.4, -0.2) is 82.3 Å². The Bertz CT molecular complexity index is 1080. The van der Waals surface area contributed by atoms with Gasteiger partial charge in [-0.25, -0.2) is 14.4 Å². The van der Waals surface area contributed by atoms with E-state index in [2.05, 4.69) is 20.3 Å². The molecule has 2 N–H and O–H groups in total. The summed E-state index contributed by atoms with van der Waals surface area (Å²) in [5, 5.41) is 12.4. The maximum atomic E-state index is 12.4. The zero-order chi connectivity index (χ0) is 26.2. The lowest BCUT2D eigenvalue weighted by atomic mass is 10.0. The lowest BCUT2D eigenvalue weighted by Gasteiger charge is -2.34. The van der Waals surface area contributed by atoms with E-state index < -0.39 is 24.1 Å². The Labute approximate surface area is 213 Å². The first-order valence-corrected chi connectivity index (χ1v) is 11.9. The first-order chi connectivity index (χ1) is 17.2. The zero-order valence-corrected chi connectivity index (χ0v) is 21.1. The minimum absolute atomic E-state index is 0.0258. The molecule has 1 aromatic carbocycles. The van der Waals surface area contributed by atoms with E-state index >= 15 is 0 Å². The summed E-state index contributed by atoms with van der Waals surface area (Å²) < 4.78 is 10.4. The van der Waals surface area contributed by atoms with Gasteiger partial charge in [0.1, 0.15) is 17.8 Å². The maximum Gasteiger partial charge on any atom is 0.414 e. The Hall–Kier alpha value is -3.67. The average molecular weight is 521 g/mol. The molecule has 36 heavy (non-hydrogen) atoms. The Morgan fingerprint density at radius 1 is 1.19 bits per heavy atom. The van der Waals surface area contributed by atoms with Gasteiger partial charge in [-0.15, -0.1) is 0 Å². The standard InChI is InChI=1S/C23H29ClN6O6/c1-4-35-19(33)17-7-5-6-12-30(17)22-27-20(24)26-21(28-22)25-16(18(31)32)13-14-8-10-15(11-9-14)36-23(34)29(2)3/h8-11,16-17H,4-7,12-13H2,1-3H3,(H,31,32)(H,25,26,27,28)/t16-,17?/m0/s1. The predicted octanol–water partition coefficient (Wildman–Crippen LogP) is 2.62. The second kappa shape index (κ2) is 12.3. The summed E-state index contributed by atoms with van der Waals surface area (Å²) in [7, 11) is 3.14. The smallest absolute Gasteiger partial charge is 0.414 e. The molecule has 1 unspecified atom stereocenters. The number of carboxylic acids is 1. The number of ether oxygens (including phenoxy) is 2. The van der Waals surface area contributed by atoms with Gasteiger partial charge in [0.25, 0.3) is 0 Å². The van der Waals surface area contributed by atoms with E-state index in [-0.39, 0.29) is 36.2 Å². The van der Waals surface area contributed by atoms with E-state index in [9.17, 15) is 19.5 Å². The van der Waals surface area contributed by atoms with Crippen LogP contribution >= 0.6 is 11.6 Å². The fraction of sp³-hybridized carbons (Fsp3) is 0.478. The minimum Gasteiger partial charge on any atom is -0.480 e. The van der Waals surface area contributed by atoms with Crippen LogP contribution in [0.15, 0.2) is 24.3 Å². The number of hydrogen-bond acceptors (Lipinski definition) is 10. The third kappa shape index (κ3) is 7.17. The molecule has 1 aliphatic rings. The Morgan fingerprint density at radius 3 is 2.56 bits per heavy atom. The van der Waals surface area contributed by atoms with Crippen molar-refractivity contribution in [1.82, 2.24) is 19.9 Å². The number of nitrogens with zero attached hydrogens (tertiary/aromatic N) is 5. The van der Waals surface area contributed by atoms with E-state index in [4.69, 9.17) is 21.1 Å². The number of amides is 1. The van der Waals surface area contributed by atoms with Gasteiger partial charge in [-0.1, -0.05) is 12.1 Å². The van der Waals surface area contributed by atoms with Crippen molar-refractivity contribution in [2.45, 2.75) is 44.7 Å². The third-order valence-electron chi connectivity index (χ3n) is 5.45. The van der Waals surface area contributed by atoms with Gasteiger partial charge in [-0.2, -0.15) is 15.0 Å². The van der Waals surface area contributed by atoms with Crippen LogP contribution in [0.3, 0.4) is 0 Å². The molecule has 0 bridgehead atoms. The summed E-state index contributed by atoms with van der Waals surface area (Å²) >= 11 is 6.12. The van der Waals surface area contributed by atoms with Gasteiger partial charge in [0.15, 0.2) is 0 Å². The number of hydrogen-bond donors (Lipinski definition) is 2. The van der Waals surface area contributed by atoms with Crippen LogP contribution in [-0.2, 0) is 20.7 Å². The topological polar surface area (TPSA) is 147 Å². The van der Waals surface area contributed by atoms with Crippen molar-refractivity contribution in [3.05, 3.63) is 35.1 Å². The van der Waals surface area contributed by atoms with E-state index in [1.165, 1.54) is 4.90 Å². The second-order valence-electron chi connectivity index (χ2n) is 8.33. The average Bonchev–Trinajstić information content (AvgIpc) is 2.84. The molecule has 1 amide bonds. The van der Waals surface area contributed by atoms with E-state index in [1.54, 1.807) is 50.2 Å². The molecule has 2 atom stereocenters. The normalized spacial score (nSPS) is 16.1. The van der Waals surface area contributed by atoms with Crippen molar-refractivity contribution in [3.8, 4) is 5.75 Å². The fourth-order valence-corrected chi connectivity index (χ4v) is 3.82. The number of carbonyl (C=O) groups is 3. The highest BCUT2D eigenvalue weighted by Crippen LogP contribution is 2.25. The van der Waals surface area contributed by atoms with Crippen LogP contribution in [0.1, 0.15) is 31.7 Å². The van der Waals surface area contributed by atoms with Gasteiger partial charge in [0.05, 0.1) is 6.61 Å². The molecule has 2 aromatic rings. The predicted molar refractivity (Wildman–Crippen MR) is 131 cm³/mol. The molecular formula is C23H29ClN6O6. The van der Waals surface area contributed by atoms with Crippen molar-refractivity contribution in [1.29, 1.82) is 0 Å². The molecule has 1 aliphatic heterocycles. The van der Waals surface area contributed by atoms with Gasteiger partial charge < -0.3 is 29.7 Å². The first kappa shape index (κ1) is 26.9. The Kier molecular flexibility index (Phi) is 9.23. The van der Waals surface area contributed by atoms with E-state index in [0.717, 1.165) is 12.8 Å². The van der Waals surface area contributed by atoms with Gasteiger partial charge in [-0.05, 0) is 55.5 Å². The number of esters is 1. The SMILES string of the molecule is CCOC(=O)C1CCCCN1c1nc(Cl)nc(N[C@@H](Cc2ccc(OC(=O)N(C)C)cc2)C(=O)O)n1. The summed E-state index contributed by atoms with van der Waals surface area (Å²) in [6.07, 6.45) is 1.85. The van der Waals surface area contributed by atoms with E-state index in [0.29, 0.717) is 24.3 Å². The molecule has 1 saturated heterocycles. The first-order valence-electron chi connectivity index (χ1n) is 11.5. The van der Waals surface area contributed by atoms with Crippen LogP contribution in [0.25, 0.3) is 0 Å². The Morgan fingerprint density at radius 2 is 1.92 bits per heavy atom. The maximum absolute atomic E-state index is 12.4. The number of nitrogens with one attached hydrogen (secondary N) is 1. The number of aromatic nitrogens is 3. The highest BCUT2D eigenvalue weighted by Gasteiger charge is 2.32. The van der Waals surface area contributed by atoms with Gasteiger partial charge >= 0.3 is 18.0 Å². The number of anilines is 2. The van der Waals surface area contributed by atoms with Crippen LogP contribution in [0.2, 0.25) is 5.28 Å². The second-order valence-corrected chi connectivity index (χ2v) is 8.67.